The number of methoxy groups -OCH3 is 1. The Kier molecular flexibility index (Phi) is 3.12. The maximum atomic E-state index is 8.99. The number of aryl methyl sites for hydroxylation is 1. The van der Waals surface area contributed by atoms with E-state index < -0.39 is 0 Å². The van der Waals surface area contributed by atoms with Gasteiger partial charge in [0, 0.05) is 17.0 Å². The van der Waals surface area contributed by atoms with Crippen molar-refractivity contribution in [1.82, 2.24) is 4.98 Å². The van der Waals surface area contributed by atoms with Crippen molar-refractivity contribution < 1.29 is 4.74 Å². The third kappa shape index (κ3) is 1.86. The second-order valence-electron chi connectivity index (χ2n) is 4.40. The molecule has 18 heavy (non-hydrogen) atoms. The largest absolute Gasteiger partial charge is 0.496 e. The quantitative estimate of drug-likeness (QED) is 0.873. The number of aromatic amines is 1. The summed E-state index contributed by atoms with van der Waals surface area (Å²) in [5.74, 6) is 0.889. The molecule has 0 radical (unpaired) electrons. The molecule has 1 aromatic carbocycles. The van der Waals surface area contributed by atoms with Crippen LogP contribution in [-0.2, 0) is 0 Å². The summed E-state index contributed by atoms with van der Waals surface area (Å²) in [5.41, 5.74) is 5.98. The molecule has 2 rings (SSSR count). The van der Waals surface area contributed by atoms with Gasteiger partial charge in [0.25, 0.3) is 0 Å². The smallest absolute Gasteiger partial charge is 0.122 e. The molecule has 1 aromatic heterocycles. The number of aromatic nitrogens is 1. The van der Waals surface area contributed by atoms with Crippen molar-refractivity contribution in [3.63, 3.8) is 0 Å². The minimum Gasteiger partial charge on any atom is -0.496 e. The van der Waals surface area contributed by atoms with E-state index in [4.69, 9.17) is 10.00 Å². The number of H-pyrrole nitrogens is 1. The van der Waals surface area contributed by atoms with E-state index in [1.807, 2.05) is 32.0 Å². The summed E-state index contributed by atoms with van der Waals surface area (Å²) >= 11 is 0. The first-order valence-electron chi connectivity index (χ1n) is 5.82. The van der Waals surface area contributed by atoms with Crippen molar-refractivity contribution in [2.75, 3.05) is 7.11 Å². The van der Waals surface area contributed by atoms with Crippen molar-refractivity contribution in [2.45, 2.75) is 20.8 Å². The van der Waals surface area contributed by atoms with Crippen LogP contribution in [0.4, 0.5) is 0 Å². The van der Waals surface area contributed by atoms with Gasteiger partial charge in [-0.15, -0.1) is 0 Å². The van der Waals surface area contributed by atoms with Crippen LogP contribution >= 0.6 is 0 Å². The van der Waals surface area contributed by atoms with Crippen molar-refractivity contribution in [3.8, 4) is 23.1 Å². The molecule has 0 unspecified atom stereocenters. The normalized spacial score (nSPS) is 10.2. The van der Waals surface area contributed by atoms with Crippen LogP contribution in [0.15, 0.2) is 18.2 Å². The van der Waals surface area contributed by atoms with E-state index in [1.54, 1.807) is 7.11 Å². The molecule has 0 aliphatic heterocycles. The average molecular weight is 240 g/mol. The van der Waals surface area contributed by atoms with E-state index in [1.165, 1.54) is 5.56 Å². The molecule has 1 N–H and O–H groups in total. The molecule has 0 aliphatic rings. The third-order valence-corrected chi connectivity index (χ3v) is 3.38. The number of nitriles is 1. The van der Waals surface area contributed by atoms with Gasteiger partial charge in [-0.3, -0.25) is 0 Å². The highest BCUT2D eigenvalue weighted by Gasteiger charge is 2.11. The molecule has 0 saturated heterocycles. The predicted octanol–water partition coefficient (Wildman–Crippen LogP) is 3.49. The van der Waals surface area contributed by atoms with E-state index in [9.17, 15) is 0 Å². The minimum atomic E-state index is 0.692. The topological polar surface area (TPSA) is 48.8 Å². The molecular weight excluding hydrogens is 224 g/mol. The Hall–Kier alpha value is -2.21. The van der Waals surface area contributed by atoms with Crippen molar-refractivity contribution >= 4 is 0 Å². The average Bonchev–Trinajstić information content (AvgIpc) is 2.73. The van der Waals surface area contributed by atoms with Crippen LogP contribution in [0.1, 0.15) is 22.4 Å². The summed E-state index contributed by atoms with van der Waals surface area (Å²) in [6.07, 6.45) is 0. The Morgan fingerprint density at radius 3 is 2.44 bits per heavy atom. The van der Waals surface area contributed by atoms with E-state index in [-0.39, 0.29) is 0 Å². The summed E-state index contributed by atoms with van der Waals surface area (Å²) in [6, 6.07) is 8.06. The summed E-state index contributed by atoms with van der Waals surface area (Å²) in [5, 5.41) is 8.99. The van der Waals surface area contributed by atoms with Crippen LogP contribution in [0.25, 0.3) is 11.3 Å². The molecule has 1 heterocycles. The first-order chi connectivity index (χ1) is 8.58. The van der Waals surface area contributed by atoms with Gasteiger partial charge in [0.05, 0.1) is 12.7 Å². The predicted molar refractivity (Wildman–Crippen MR) is 71.7 cm³/mol. The van der Waals surface area contributed by atoms with Crippen LogP contribution in [0.2, 0.25) is 0 Å². The Bertz CT molecular complexity index is 633. The zero-order chi connectivity index (χ0) is 13.3. The van der Waals surface area contributed by atoms with E-state index >= 15 is 0 Å². The number of benzene rings is 1. The van der Waals surface area contributed by atoms with E-state index in [0.717, 1.165) is 28.3 Å². The molecule has 0 saturated carbocycles. The first-order valence-corrected chi connectivity index (χ1v) is 5.82. The summed E-state index contributed by atoms with van der Waals surface area (Å²) < 4.78 is 5.30. The molecule has 0 atom stereocenters. The second kappa shape index (κ2) is 4.58. The van der Waals surface area contributed by atoms with Crippen LogP contribution in [0.5, 0.6) is 5.75 Å². The minimum absolute atomic E-state index is 0.692. The molecular formula is C15H16N2O. The molecule has 92 valence electrons. The third-order valence-electron chi connectivity index (χ3n) is 3.38. The van der Waals surface area contributed by atoms with Crippen molar-refractivity contribution in [3.05, 3.63) is 40.6 Å². The molecule has 0 aliphatic carbocycles. The Morgan fingerprint density at radius 2 is 1.89 bits per heavy atom. The van der Waals surface area contributed by atoms with E-state index in [0.29, 0.717) is 5.56 Å². The highest BCUT2D eigenvalue weighted by atomic mass is 16.5. The lowest BCUT2D eigenvalue weighted by Crippen LogP contribution is -1.93. The van der Waals surface area contributed by atoms with Gasteiger partial charge in [-0.1, -0.05) is 0 Å². The maximum absolute atomic E-state index is 8.99. The maximum Gasteiger partial charge on any atom is 0.122 e. The molecule has 3 nitrogen and oxygen atoms in total. The highest BCUT2D eigenvalue weighted by molar-refractivity contribution is 5.69. The number of nitrogens with zero attached hydrogens (tertiary/aromatic N) is 1. The number of hydrogen-bond acceptors (Lipinski definition) is 2. The Labute approximate surface area is 107 Å². The SMILES string of the molecule is COc1ccc(-c2cc(C#N)c(C)[nH]2)c(C)c1C. The van der Waals surface area contributed by atoms with Gasteiger partial charge in [0.1, 0.15) is 11.8 Å². The van der Waals surface area contributed by atoms with Gasteiger partial charge >= 0.3 is 0 Å². The Morgan fingerprint density at radius 1 is 1.17 bits per heavy atom. The monoisotopic (exact) mass is 240 g/mol. The van der Waals surface area contributed by atoms with Gasteiger partial charge in [-0.05, 0) is 50.1 Å². The molecule has 3 heteroatoms. The molecule has 0 spiro atoms. The van der Waals surface area contributed by atoms with E-state index in [2.05, 4.69) is 18.0 Å². The van der Waals surface area contributed by atoms with Gasteiger partial charge in [0.2, 0.25) is 0 Å². The number of nitrogens with one attached hydrogen (secondary N) is 1. The van der Waals surface area contributed by atoms with Gasteiger partial charge < -0.3 is 9.72 Å². The molecule has 0 amide bonds. The zero-order valence-electron chi connectivity index (χ0n) is 11.1. The van der Waals surface area contributed by atoms with Crippen LogP contribution in [0, 0.1) is 32.1 Å². The summed E-state index contributed by atoms with van der Waals surface area (Å²) in [7, 11) is 1.67. The Balaban J connectivity index is 2.58. The van der Waals surface area contributed by atoms with Crippen molar-refractivity contribution in [1.29, 1.82) is 5.26 Å². The standard InChI is InChI=1S/C15H16N2O/c1-9-10(2)15(18-4)6-5-13(9)14-7-12(8-16)11(3)17-14/h5-7,17H,1-4H3. The fourth-order valence-electron chi connectivity index (χ4n) is 2.13. The fraction of sp³-hybridized carbons (Fsp3) is 0.267. The van der Waals surface area contributed by atoms with Gasteiger partial charge in [0.15, 0.2) is 0 Å². The molecule has 0 fully saturated rings. The lowest BCUT2D eigenvalue weighted by molar-refractivity contribution is 0.411. The van der Waals surface area contributed by atoms with Crippen LogP contribution in [-0.4, -0.2) is 12.1 Å². The number of hydrogen-bond donors (Lipinski definition) is 1. The van der Waals surface area contributed by atoms with Gasteiger partial charge in [-0.25, -0.2) is 0 Å². The zero-order valence-corrected chi connectivity index (χ0v) is 11.1. The highest BCUT2D eigenvalue weighted by Crippen LogP contribution is 2.31. The fourth-order valence-corrected chi connectivity index (χ4v) is 2.13. The molecule has 2 aromatic rings. The first kappa shape index (κ1) is 12.3. The van der Waals surface area contributed by atoms with Crippen LogP contribution in [0.3, 0.4) is 0 Å². The van der Waals surface area contributed by atoms with Crippen molar-refractivity contribution in [2.24, 2.45) is 0 Å². The van der Waals surface area contributed by atoms with Gasteiger partial charge in [-0.2, -0.15) is 5.26 Å². The summed E-state index contributed by atoms with van der Waals surface area (Å²) in [6.45, 7) is 6.02. The summed E-state index contributed by atoms with van der Waals surface area (Å²) in [4.78, 5) is 3.25. The lowest BCUT2D eigenvalue weighted by Gasteiger charge is -2.11. The number of ether oxygens (including phenoxy) is 1. The second-order valence-corrected chi connectivity index (χ2v) is 4.40. The lowest BCUT2D eigenvalue weighted by atomic mass is 10.00. The number of rotatable bonds is 2. The molecule has 0 bridgehead atoms. The van der Waals surface area contributed by atoms with Crippen LogP contribution < -0.4 is 4.74 Å².